The molecule has 0 radical (unpaired) electrons. The number of hydrazone groups is 1. The molecule has 2 aromatic rings. The van der Waals surface area contributed by atoms with Crippen LogP contribution in [-0.4, -0.2) is 52.5 Å². The second kappa shape index (κ2) is 10.4. The Kier molecular flexibility index (Phi) is 7.97. The molecule has 3 N–H and O–H groups in total. The van der Waals surface area contributed by atoms with E-state index < -0.39 is 27.9 Å². The van der Waals surface area contributed by atoms with Gasteiger partial charge in [-0.05, 0) is 61.0 Å². The Morgan fingerprint density at radius 2 is 1.71 bits per heavy atom. The number of carbonyl (C=O) groups is 2. The zero-order valence-electron chi connectivity index (χ0n) is 17.3. The quantitative estimate of drug-likeness (QED) is 0.408. The summed E-state index contributed by atoms with van der Waals surface area (Å²) in [5.41, 5.74) is 8.32. The van der Waals surface area contributed by atoms with Crippen LogP contribution in [0.1, 0.15) is 12.5 Å². The molecule has 0 aliphatic carbocycles. The van der Waals surface area contributed by atoms with E-state index in [1.807, 2.05) is 0 Å². The maximum atomic E-state index is 12.5. The average molecular weight is 449 g/mol. The predicted molar refractivity (Wildman–Crippen MR) is 117 cm³/mol. The lowest BCUT2D eigenvalue weighted by Gasteiger charge is -2.27. The highest BCUT2D eigenvalue weighted by Gasteiger charge is 2.29. The number of hydrogen-bond acceptors (Lipinski definition) is 7. The Bertz CT molecular complexity index is 1040. The summed E-state index contributed by atoms with van der Waals surface area (Å²) in [6, 6.07) is 11.8. The van der Waals surface area contributed by atoms with Gasteiger partial charge in [0.25, 0.3) is 11.8 Å². The molecule has 0 fully saturated rings. The van der Waals surface area contributed by atoms with E-state index in [0.717, 1.165) is 10.6 Å². The van der Waals surface area contributed by atoms with E-state index >= 15 is 0 Å². The lowest BCUT2D eigenvalue weighted by Crippen LogP contribution is -2.46. The van der Waals surface area contributed by atoms with Gasteiger partial charge in [-0.2, -0.15) is 5.10 Å². The van der Waals surface area contributed by atoms with Crippen LogP contribution in [0.4, 0.5) is 5.69 Å². The first-order valence-electron chi connectivity index (χ1n) is 9.09. The number of carbonyl (C=O) groups excluding carboxylic acids is 2. The number of nitrogens with one attached hydrogen (secondary N) is 1. The zero-order valence-corrected chi connectivity index (χ0v) is 18.1. The zero-order chi connectivity index (χ0) is 23.0. The molecule has 166 valence electrons. The molecule has 1 atom stereocenters. The number of primary amides is 1. The first-order valence-corrected chi connectivity index (χ1v) is 10.9. The van der Waals surface area contributed by atoms with Crippen LogP contribution in [0, 0.1) is 0 Å². The molecule has 0 heterocycles. The summed E-state index contributed by atoms with van der Waals surface area (Å²) in [6.07, 6.45) is 2.41. The van der Waals surface area contributed by atoms with Gasteiger partial charge in [0, 0.05) is 0 Å². The van der Waals surface area contributed by atoms with E-state index in [1.165, 1.54) is 20.2 Å². The van der Waals surface area contributed by atoms with Crippen molar-refractivity contribution in [2.45, 2.75) is 13.0 Å². The molecule has 31 heavy (non-hydrogen) atoms. The summed E-state index contributed by atoms with van der Waals surface area (Å²) in [6.45, 7) is 1.23. The summed E-state index contributed by atoms with van der Waals surface area (Å²) in [5.74, 6) is -0.180. The lowest BCUT2D eigenvalue weighted by atomic mass is 10.2. The third-order valence-corrected chi connectivity index (χ3v) is 5.31. The van der Waals surface area contributed by atoms with Crippen LogP contribution >= 0.6 is 0 Å². The van der Waals surface area contributed by atoms with E-state index in [4.69, 9.17) is 15.2 Å². The molecule has 0 spiro atoms. The van der Waals surface area contributed by atoms with Gasteiger partial charge in [-0.25, -0.2) is 13.8 Å². The monoisotopic (exact) mass is 448 g/mol. The van der Waals surface area contributed by atoms with Crippen molar-refractivity contribution in [3.8, 4) is 11.5 Å². The van der Waals surface area contributed by atoms with Crippen LogP contribution in [0.3, 0.4) is 0 Å². The number of anilines is 1. The number of rotatable bonds is 10. The van der Waals surface area contributed by atoms with Gasteiger partial charge in [0.15, 0.2) is 6.61 Å². The molecule has 0 saturated heterocycles. The number of nitrogens with zero attached hydrogens (tertiary/aromatic N) is 2. The third kappa shape index (κ3) is 7.00. The fourth-order valence-corrected chi connectivity index (χ4v) is 3.78. The predicted octanol–water partition coefficient (Wildman–Crippen LogP) is 0.864. The Morgan fingerprint density at radius 1 is 1.13 bits per heavy atom. The van der Waals surface area contributed by atoms with Crippen LogP contribution in [-0.2, 0) is 19.6 Å². The number of ether oxygens (including phenoxy) is 2. The molecule has 10 nitrogen and oxygen atoms in total. The summed E-state index contributed by atoms with van der Waals surface area (Å²) in [7, 11) is -2.24. The molecule has 0 unspecified atom stereocenters. The van der Waals surface area contributed by atoms with Crippen molar-refractivity contribution >= 4 is 33.7 Å². The van der Waals surface area contributed by atoms with E-state index in [-0.39, 0.29) is 6.61 Å². The second-order valence-electron chi connectivity index (χ2n) is 6.49. The van der Waals surface area contributed by atoms with E-state index in [9.17, 15) is 18.0 Å². The molecule has 2 amide bonds. The van der Waals surface area contributed by atoms with Gasteiger partial charge in [-0.3, -0.25) is 13.9 Å². The van der Waals surface area contributed by atoms with Crippen LogP contribution in [0.5, 0.6) is 11.5 Å². The van der Waals surface area contributed by atoms with Gasteiger partial charge in [-0.15, -0.1) is 0 Å². The van der Waals surface area contributed by atoms with Gasteiger partial charge in [-0.1, -0.05) is 0 Å². The fraction of sp³-hybridized carbons (Fsp3) is 0.250. The van der Waals surface area contributed by atoms with Crippen molar-refractivity contribution in [2.24, 2.45) is 10.8 Å². The van der Waals surface area contributed by atoms with Gasteiger partial charge in [0.1, 0.15) is 17.5 Å². The molecule has 0 aromatic heterocycles. The smallest absolute Gasteiger partial charge is 0.263 e. The summed E-state index contributed by atoms with van der Waals surface area (Å²) in [4.78, 5) is 23.2. The molecule has 0 bridgehead atoms. The average Bonchev–Trinajstić information content (AvgIpc) is 2.72. The normalized spacial score (nSPS) is 12.2. The Balaban J connectivity index is 2.05. The standard InChI is InChI=1S/C20H24N4O6S/c1-14(24(31(3,27)28)16-6-10-17(29-2)11-7-16)20(26)23-22-12-15-4-8-18(9-5-15)30-13-19(21)25/h4-12,14H,13H2,1-3H3,(H2,21,25)(H,23,26)/b22-12-/t14-/m1/s1. The Labute approximate surface area is 180 Å². The molecule has 2 aromatic carbocycles. The first kappa shape index (κ1) is 23.7. The number of hydrogen-bond donors (Lipinski definition) is 2. The molecule has 0 aliphatic rings. The maximum absolute atomic E-state index is 12.5. The van der Waals surface area contributed by atoms with E-state index in [1.54, 1.807) is 48.5 Å². The summed E-state index contributed by atoms with van der Waals surface area (Å²) in [5, 5.41) is 3.87. The van der Waals surface area contributed by atoms with Gasteiger partial charge in [0.05, 0.1) is 25.3 Å². The minimum atomic E-state index is -3.74. The minimum absolute atomic E-state index is 0.230. The van der Waals surface area contributed by atoms with Crippen molar-refractivity contribution in [1.82, 2.24) is 5.43 Å². The largest absolute Gasteiger partial charge is 0.497 e. The van der Waals surface area contributed by atoms with Crippen LogP contribution < -0.4 is 24.9 Å². The highest BCUT2D eigenvalue weighted by molar-refractivity contribution is 7.92. The van der Waals surface area contributed by atoms with Gasteiger partial charge in [0.2, 0.25) is 10.0 Å². The maximum Gasteiger partial charge on any atom is 0.263 e. The number of nitrogens with two attached hydrogens (primary N) is 1. The number of methoxy groups -OCH3 is 1. The van der Waals surface area contributed by atoms with Crippen molar-refractivity contribution < 1.29 is 27.5 Å². The van der Waals surface area contributed by atoms with Crippen molar-refractivity contribution in [2.75, 3.05) is 24.3 Å². The highest BCUT2D eigenvalue weighted by Crippen LogP contribution is 2.23. The van der Waals surface area contributed by atoms with E-state index in [0.29, 0.717) is 22.7 Å². The molecule has 2 rings (SSSR count). The first-order chi connectivity index (χ1) is 14.6. The highest BCUT2D eigenvalue weighted by atomic mass is 32.2. The van der Waals surface area contributed by atoms with Crippen LogP contribution in [0.15, 0.2) is 53.6 Å². The molecule has 11 heteroatoms. The molecule has 0 aliphatic heterocycles. The molecule has 0 saturated carbocycles. The van der Waals surface area contributed by atoms with Crippen molar-refractivity contribution in [1.29, 1.82) is 0 Å². The molecular weight excluding hydrogens is 424 g/mol. The van der Waals surface area contributed by atoms with Crippen LogP contribution in [0.2, 0.25) is 0 Å². The van der Waals surface area contributed by atoms with Gasteiger partial charge < -0.3 is 15.2 Å². The number of amides is 2. The second-order valence-corrected chi connectivity index (χ2v) is 8.35. The van der Waals surface area contributed by atoms with Crippen molar-refractivity contribution in [3.05, 3.63) is 54.1 Å². The van der Waals surface area contributed by atoms with Crippen LogP contribution in [0.25, 0.3) is 0 Å². The Morgan fingerprint density at radius 3 is 2.23 bits per heavy atom. The minimum Gasteiger partial charge on any atom is -0.497 e. The third-order valence-electron chi connectivity index (χ3n) is 4.06. The van der Waals surface area contributed by atoms with Gasteiger partial charge >= 0.3 is 0 Å². The topological polar surface area (TPSA) is 140 Å². The molecular formula is C20H24N4O6S. The number of sulfonamides is 1. The van der Waals surface area contributed by atoms with E-state index in [2.05, 4.69) is 10.5 Å². The Hall–Kier alpha value is -3.60. The van der Waals surface area contributed by atoms with Crippen molar-refractivity contribution in [3.63, 3.8) is 0 Å². The summed E-state index contributed by atoms with van der Waals surface area (Å²) >= 11 is 0. The SMILES string of the molecule is COc1ccc(N([C@H](C)C(=O)N/N=C\c2ccc(OCC(N)=O)cc2)S(C)(=O)=O)cc1. The fourth-order valence-electron chi connectivity index (χ4n) is 2.61. The lowest BCUT2D eigenvalue weighted by molar-refractivity contribution is -0.122. The number of benzene rings is 2. The summed E-state index contributed by atoms with van der Waals surface area (Å²) < 4.78 is 35.8.